The van der Waals surface area contributed by atoms with Gasteiger partial charge in [-0.3, -0.25) is 0 Å². The molecular weight excluding hydrogens is 278 g/mol. The van der Waals surface area contributed by atoms with Crippen LogP contribution in [0.3, 0.4) is 0 Å². The van der Waals surface area contributed by atoms with E-state index in [9.17, 15) is 4.79 Å². The standard InChI is InChI=1S/C17H27N3O2/c1-2-3-4-5-6-7-8-13-22-16-11-9-15(10-12-16)14-19-20-17(18)21/h9-12,14H,2-8,13H2,1H3,(H3,18,20,21). The van der Waals surface area contributed by atoms with Crippen molar-refractivity contribution in [1.29, 1.82) is 0 Å². The maximum Gasteiger partial charge on any atom is 0.332 e. The summed E-state index contributed by atoms with van der Waals surface area (Å²) in [4.78, 5) is 10.5. The third-order valence-electron chi connectivity index (χ3n) is 3.29. The number of nitrogens with zero attached hydrogens (tertiary/aromatic N) is 1. The lowest BCUT2D eigenvalue weighted by molar-refractivity contribution is 0.249. The molecule has 5 nitrogen and oxygen atoms in total. The first-order valence-electron chi connectivity index (χ1n) is 8.03. The number of urea groups is 1. The molecule has 0 bridgehead atoms. The van der Waals surface area contributed by atoms with Crippen LogP contribution in [-0.4, -0.2) is 18.9 Å². The normalized spacial score (nSPS) is 10.8. The van der Waals surface area contributed by atoms with E-state index < -0.39 is 6.03 Å². The molecule has 0 saturated carbocycles. The van der Waals surface area contributed by atoms with Crippen LogP contribution in [0.1, 0.15) is 57.4 Å². The number of unbranched alkanes of at least 4 members (excludes halogenated alkanes) is 6. The number of carbonyl (C=O) groups excluding carboxylic acids is 1. The zero-order valence-electron chi connectivity index (χ0n) is 13.4. The number of ether oxygens (including phenoxy) is 1. The Labute approximate surface area is 132 Å². The van der Waals surface area contributed by atoms with Crippen molar-refractivity contribution in [3.8, 4) is 5.75 Å². The van der Waals surface area contributed by atoms with Gasteiger partial charge in [0.05, 0.1) is 12.8 Å². The molecule has 0 fully saturated rings. The molecule has 0 atom stereocenters. The number of nitrogens with two attached hydrogens (primary N) is 1. The maximum atomic E-state index is 10.5. The van der Waals surface area contributed by atoms with Gasteiger partial charge in [-0.05, 0) is 36.2 Å². The van der Waals surface area contributed by atoms with Crippen molar-refractivity contribution in [2.75, 3.05) is 6.61 Å². The lowest BCUT2D eigenvalue weighted by atomic mass is 10.1. The summed E-state index contributed by atoms with van der Waals surface area (Å²) in [7, 11) is 0. The van der Waals surface area contributed by atoms with Crippen LogP contribution in [0.5, 0.6) is 5.75 Å². The van der Waals surface area contributed by atoms with Gasteiger partial charge in [0.2, 0.25) is 0 Å². The first kappa shape index (κ1) is 18.0. The van der Waals surface area contributed by atoms with Gasteiger partial charge < -0.3 is 10.5 Å². The Morgan fingerprint density at radius 3 is 2.41 bits per heavy atom. The predicted molar refractivity (Wildman–Crippen MR) is 90.2 cm³/mol. The number of primary amides is 1. The molecular formula is C17H27N3O2. The van der Waals surface area contributed by atoms with Crippen molar-refractivity contribution in [2.24, 2.45) is 10.8 Å². The van der Waals surface area contributed by atoms with E-state index in [0.29, 0.717) is 0 Å². The van der Waals surface area contributed by atoms with Crippen molar-refractivity contribution < 1.29 is 9.53 Å². The van der Waals surface area contributed by atoms with E-state index in [1.54, 1.807) is 0 Å². The Morgan fingerprint density at radius 1 is 1.14 bits per heavy atom. The highest BCUT2D eigenvalue weighted by Crippen LogP contribution is 2.12. The van der Waals surface area contributed by atoms with Crippen LogP contribution in [-0.2, 0) is 0 Å². The third kappa shape index (κ3) is 9.00. The molecule has 0 saturated heterocycles. The average Bonchev–Trinajstić information content (AvgIpc) is 2.51. The Morgan fingerprint density at radius 2 is 1.77 bits per heavy atom. The number of carbonyl (C=O) groups is 1. The lowest BCUT2D eigenvalue weighted by Crippen LogP contribution is -2.24. The predicted octanol–water partition coefficient (Wildman–Crippen LogP) is 3.82. The van der Waals surface area contributed by atoms with Crippen LogP contribution in [0.2, 0.25) is 0 Å². The number of rotatable bonds is 11. The fourth-order valence-corrected chi connectivity index (χ4v) is 2.07. The molecule has 0 heterocycles. The molecule has 0 aliphatic carbocycles. The zero-order chi connectivity index (χ0) is 16.0. The Hall–Kier alpha value is -2.04. The number of amides is 2. The number of hydrazone groups is 1. The third-order valence-corrected chi connectivity index (χ3v) is 3.29. The van der Waals surface area contributed by atoms with Gasteiger partial charge >= 0.3 is 6.03 Å². The summed E-state index contributed by atoms with van der Waals surface area (Å²) in [6.07, 6.45) is 10.5. The molecule has 3 N–H and O–H groups in total. The summed E-state index contributed by atoms with van der Waals surface area (Å²) in [6, 6.07) is 6.88. The van der Waals surface area contributed by atoms with E-state index in [1.807, 2.05) is 24.3 Å². The summed E-state index contributed by atoms with van der Waals surface area (Å²) < 4.78 is 5.70. The summed E-state index contributed by atoms with van der Waals surface area (Å²) in [5.41, 5.74) is 7.93. The van der Waals surface area contributed by atoms with Crippen molar-refractivity contribution in [3.05, 3.63) is 29.8 Å². The van der Waals surface area contributed by atoms with Gasteiger partial charge in [-0.2, -0.15) is 5.10 Å². The highest BCUT2D eigenvalue weighted by atomic mass is 16.5. The van der Waals surface area contributed by atoms with E-state index in [4.69, 9.17) is 10.5 Å². The minimum atomic E-state index is -0.675. The molecule has 22 heavy (non-hydrogen) atoms. The second-order valence-corrected chi connectivity index (χ2v) is 5.27. The van der Waals surface area contributed by atoms with Gasteiger partial charge in [0, 0.05) is 0 Å². The summed E-state index contributed by atoms with van der Waals surface area (Å²) in [5.74, 6) is 0.853. The molecule has 0 aromatic heterocycles. The summed E-state index contributed by atoms with van der Waals surface area (Å²) in [5, 5.41) is 3.70. The molecule has 122 valence electrons. The first-order valence-corrected chi connectivity index (χ1v) is 8.03. The molecule has 0 unspecified atom stereocenters. The Balaban J connectivity index is 2.14. The van der Waals surface area contributed by atoms with Gasteiger partial charge in [-0.1, -0.05) is 45.4 Å². The molecule has 0 radical (unpaired) electrons. The molecule has 0 aliphatic rings. The van der Waals surface area contributed by atoms with Gasteiger partial charge in [0.15, 0.2) is 0 Å². The molecule has 2 amide bonds. The molecule has 0 spiro atoms. The van der Waals surface area contributed by atoms with E-state index in [-0.39, 0.29) is 0 Å². The highest BCUT2D eigenvalue weighted by molar-refractivity contribution is 5.81. The highest BCUT2D eigenvalue weighted by Gasteiger charge is 1.95. The van der Waals surface area contributed by atoms with Gasteiger partial charge in [0.1, 0.15) is 5.75 Å². The van der Waals surface area contributed by atoms with E-state index >= 15 is 0 Å². The molecule has 1 rings (SSSR count). The zero-order valence-corrected chi connectivity index (χ0v) is 13.4. The lowest BCUT2D eigenvalue weighted by Gasteiger charge is -2.06. The van der Waals surface area contributed by atoms with E-state index in [0.717, 1.165) is 24.3 Å². The number of nitrogens with one attached hydrogen (secondary N) is 1. The van der Waals surface area contributed by atoms with Crippen molar-refractivity contribution in [3.63, 3.8) is 0 Å². The summed E-state index contributed by atoms with van der Waals surface area (Å²) >= 11 is 0. The fraction of sp³-hybridized carbons (Fsp3) is 0.529. The average molecular weight is 305 g/mol. The monoisotopic (exact) mass is 305 g/mol. The summed E-state index contributed by atoms with van der Waals surface area (Å²) in [6.45, 7) is 2.99. The minimum Gasteiger partial charge on any atom is -0.494 e. The number of benzene rings is 1. The second kappa shape index (κ2) is 11.6. The quantitative estimate of drug-likeness (QED) is 0.370. The molecule has 1 aromatic carbocycles. The molecule has 5 heteroatoms. The van der Waals surface area contributed by atoms with Gasteiger partial charge in [-0.15, -0.1) is 0 Å². The van der Waals surface area contributed by atoms with Crippen LogP contribution < -0.4 is 15.9 Å². The van der Waals surface area contributed by atoms with Crippen LogP contribution in [0.15, 0.2) is 29.4 Å². The van der Waals surface area contributed by atoms with Crippen LogP contribution >= 0.6 is 0 Å². The number of hydrogen-bond acceptors (Lipinski definition) is 3. The van der Waals surface area contributed by atoms with Gasteiger partial charge in [0.25, 0.3) is 0 Å². The van der Waals surface area contributed by atoms with Crippen LogP contribution in [0.4, 0.5) is 4.79 Å². The fourth-order valence-electron chi connectivity index (χ4n) is 2.07. The molecule has 0 aliphatic heterocycles. The SMILES string of the molecule is CCCCCCCCCOc1ccc(C=NNC(N)=O)cc1. The minimum absolute atomic E-state index is 0.675. The Bertz CT molecular complexity index is 444. The van der Waals surface area contributed by atoms with Crippen LogP contribution in [0.25, 0.3) is 0 Å². The second-order valence-electron chi connectivity index (χ2n) is 5.27. The maximum absolute atomic E-state index is 10.5. The van der Waals surface area contributed by atoms with Gasteiger partial charge in [-0.25, -0.2) is 10.2 Å². The van der Waals surface area contributed by atoms with Crippen LogP contribution in [0, 0.1) is 0 Å². The first-order chi connectivity index (χ1) is 10.7. The smallest absolute Gasteiger partial charge is 0.332 e. The van der Waals surface area contributed by atoms with E-state index in [1.165, 1.54) is 44.7 Å². The Kier molecular flexibility index (Phi) is 9.50. The van der Waals surface area contributed by atoms with Crippen molar-refractivity contribution in [2.45, 2.75) is 51.9 Å². The number of hydrogen-bond donors (Lipinski definition) is 2. The van der Waals surface area contributed by atoms with E-state index in [2.05, 4.69) is 17.5 Å². The van der Waals surface area contributed by atoms with Crippen molar-refractivity contribution >= 4 is 12.2 Å². The van der Waals surface area contributed by atoms with Crippen molar-refractivity contribution in [1.82, 2.24) is 5.43 Å². The largest absolute Gasteiger partial charge is 0.494 e. The topological polar surface area (TPSA) is 76.7 Å². The molecule has 1 aromatic rings.